The lowest BCUT2D eigenvalue weighted by atomic mass is 10.2. The molecule has 0 unspecified atom stereocenters. The van der Waals surface area contributed by atoms with E-state index in [2.05, 4.69) is 15.6 Å². The lowest BCUT2D eigenvalue weighted by Gasteiger charge is -2.08. The number of fused-ring (bicyclic) bond motifs is 1. The molecule has 7 nitrogen and oxygen atoms in total. The number of thiazole rings is 1. The largest absolute Gasteiger partial charge is 0.321 e. The molecule has 2 amide bonds. The van der Waals surface area contributed by atoms with E-state index < -0.39 is 23.2 Å². The molecule has 0 fully saturated rings. The van der Waals surface area contributed by atoms with E-state index in [1.54, 1.807) is 25.1 Å². The third-order valence-corrected chi connectivity index (χ3v) is 5.49. The molecule has 0 saturated carbocycles. The van der Waals surface area contributed by atoms with Crippen molar-refractivity contribution in [1.29, 1.82) is 0 Å². The fourth-order valence-corrected chi connectivity index (χ4v) is 4.15. The highest BCUT2D eigenvalue weighted by Crippen LogP contribution is 2.24. The Balaban J connectivity index is 1.79. The summed E-state index contributed by atoms with van der Waals surface area (Å²) in [4.78, 5) is 43.3. The standard InChI is InChI=1S/C22H17FN4O3S/c1-12-4-3-5-16(10-12)26-20(29)18-19(21(30)25-15-8-6-14(23)7-9-15)31-22-24-13(2)11-17(28)27(18)22/h3-11H,1-2H3,(H,25,30)(H,26,29). The van der Waals surface area contributed by atoms with Crippen molar-refractivity contribution in [2.45, 2.75) is 13.8 Å². The molecule has 0 aliphatic carbocycles. The van der Waals surface area contributed by atoms with Crippen LogP contribution in [0.5, 0.6) is 0 Å². The van der Waals surface area contributed by atoms with Gasteiger partial charge in [0.15, 0.2) is 4.96 Å². The zero-order valence-corrected chi connectivity index (χ0v) is 17.4. The maximum absolute atomic E-state index is 13.2. The zero-order chi connectivity index (χ0) is 22.1. The number of carbonyl (C=O) groups is 2. The first-order chi connectivity index (χ1) is 14.8. The first kappa shape index (κ1) is 20.4. The van der Waals surface area contributed by atoms with Gasteiger partial charge in [0, 0.05) is 23.1 Å². The molecule has 0 aliphatic heterocycles. The first-order valence-corrected chi connectivity index (χ1v) is 10.1. The molecule has 0 radical (unpaired) electrons. The summed E-state index contributed by atoms with van der Waals surface area (Å²) in [5.74, 6) is -1.66. The van der Waals surface area contributed by atoms with Crippen molar-refractivity contribution in [3.8, 4) is 0 Å². The average molecular weight is 436 g/mol. The topological polar surface area (TPSA) is 92.6 Å². The van der Waals surface area contributed by atoms with E-state index in [9.17, 15) is 18.8 Å². The van der Waals surface area contributed by atoms with Crippen molar-refractivity contribution in [2.75, 3.05) is 10.6 Å². The Morgan fingerprint density at radius 1 is 0.968 bits per heavy atom. The molecule has 2 N–H and O–H groups in total. The third-order valence-electron chi connectivity index (χ3n) is 4.45. The molecule has 0 atom stereocenters. The van der Waals surface area contributed by atoms with E-state index in [-0.39, 0.29) is 15.5 Å². The van der Waals surface area contributed by atoms with Gasteiger partial charge in [0.1, 0.15) is 16.4 Å². The number of nitrogens with zero attached hydrogens (tertiary/aromatic N) is 2. The first-order valence-electron chi connectivity index (χ1n) is 9.30. The highest BCUT2D eigenvalue weighted by Gasteiger charge is 2.26. The number of aromatic nitrogens is 2. The van der Waals surface area contributed by atoms with E-state index in [0.717, 1.165) is 21.3 Å². The second kappa shape index (κ2) is 8.11. The summed E-state index contributed by atoms with van der Waals surface area (Å²) in [5, 5.41) is 5.37. The quantitative estimate of drug-likeness (QED) is 0.505. The number of benzene rings is 2. The van der Waals surface area contributed by atoms with Gasteiger partial charge in [0.25, 0.3) is 17.4 Å². The number of aryl methyl sites for hydroxylation is 2. The molecule has 0 aliphatic rings. The lowest BCUT2D eigenvalue weighted by Crippen LogP contribution is -2.25. The van der Waals surface area contributed by atoms with Crippen LogP contribution in [0.15, 0.2) is 59.4 Å². The van der Waals surface area contributed by atoms with Gasteiger partial charge in [0.2, 0.25) is 0 Å². The molecular weight excluding hydrogens is 419 g/mol. The number of hydrogen-bond donors (Lipinski definition) is 2. The molecule has 156 valence electrons. The lowest BCUT2D eigenvalue weighted by molar-refractivity contribution is 0.0989. The van der Waals surface area contributed by atoms with Crippen LogP contribution in [0.4, 0.5) is 15.8 Å². The summed E-state index contributed by atoms with van der Waals surface area (Å²) in [6.45, 7) is 3.54. The number of hydrogen-bond acceptors (Lipinski definition) is 5. The molecule has 2 heterocycles. The van der Waals surface area contributed by atoms with Crippen molar-refractivity contribution in [3.63, 3.8) is 0 Å². The number of nitrogens with one attached hydrogen (secondary N) is 2. The molecule has 4 aromatic rings. The number of halogens is 1. The highest BCUT2D eigenvalue weighted by atomic mass is 32.1. The van der Waals surface area contributed by atoms with Gasteiger partial charge < -0.3 is 10.6 Å². The van der Waals surface area contributed by atoms with Crippen LogP contribution in [0.3, 0.4) is 0 Å². The Morgan fingerprint density at radius 2 is 1.68 bits per heavy atom. The number of rotatable bonds is 4. The minimum Gasteiger partial charge on any atom is -0.321 e. The van der Waals surface area contributed by atoms with Crippen LogP contribution < -0.4 is 16.2 Å². The smallest absolute Gasteiger partial charge is 0.274 e. The van der Waals surface area contributed by atoms with Gasteiger partial charge in [-0.25, -0.2) is 13.8 Å². The zero-order valence-electron chi connectivity index (χ0n) is 16.6. The van der Waals surface area contributed by atoms with Crippen LogP contribution in [0, 0.1) is 19.7 Å². The van der Waals surface area contributed by atoms with Gasteiger partial charge in [-0.15, -0.1) is 0 Å². The van der Waals surface area contributed by atoms with Gasteiger partial charge in [-0.1, -0.05) is 23.5 Å². The Hall–Kier alpha value is -3.85. The summed E-state index contributed by atoms with van der Waals surface area (Å²) in [6.07, 6.45) is 0. The normalized spacial score (nSPS) is 10.8. The summed E-state index contributed by atoms with van der Waals surface area (Å²) < 4.78 is 14.3. The van der Waals surface area contributed by atoms with Crippen molar-refractivity contribution in [1.82, 2.24) is 9.38 Å². The molecular formula is C22H17FN4O3S. The van der Waals surface area contributed by atoms with Crippen LogP contribution in [0.1, 0.15) is 31.4 Å². The molecule has 31 heavy (non-hydrogen) atoms. The molecule has 2 aromatic heterocycles. The number of carbonyl (C=O) groups excluding carboxylic acids is 2. The Morgan fingerprint density at radius 3 is 2.39 bits per heavy atom. The van der Waals surface area contributed by atoms with Crippen LogP contribution in [0.2, 0.25) is 0 Å². The second-order valence-electron chi connectivity index (χ2n) is 6.92. The minimum absolute atomic E-state index is 0.0182. The summed E-state index contributed by atoms with van der Waals surface area (Å²) in [6, 6.07) is 13.7. The third kappa shape index (κ3) is 4.22. The van der Waals surface area contributed by atoms with E-state index in [4.69, 9.17) is 0 Å². The fraction of sp³-hybridized carbons (Fsp3) is 0.0909. The SMILES string of the molecule is Cc1cccc(NC(=O)c2c(C(=O)Nc3ccc(F)cc3)sc3nc(C)cc(=O)n23)c1. The second-order valence-corrected chi connectivity index (χ2v) is 7.90. The van der Waals surface area contributed by atoms with Gasteiger partial charge in [0.05, 0.1) is 0 Å². The van der Waals surface area contributed by atoms with Gasteiger partial charge in [-0.05, 0) is 55.8 Å². The van der Waals surface area contributed by atoms with Gasteiger partial charge in [-0.3, -0.25) is 14.4 Å². The molecule has 2 aromatic carbocycles. The fourth-order valence-electron chi connectivity index (χ4n) is 3.08. The molecule has 4 rings (SSSR count). The van der Waals surface area contributed by atoms with Crippen molar-refractivity contribution >= 4 is 39.5 Å². The van der Waals surface area contributed by atoms with Gasteiger partial charge in [-0.2, -0.15) is 0 Å². The minimum atomic E-state index is -0.617. The van der Waals surface area contributed by atoms with E-state index in [1.807, 2.05) is 13.0 Å². The van der Waals surface area contributed by atoms with Crippen molar-refractivity contribution in [3.05, 3.63) is 92.6 Å². The summed E-state index contributed by atoms with van der Waals surface area (Å²) in [5.41, 5.74) is 1.72. The predicted octanol–water partition coefficient (Wildman–Crippen LogP) is 4.02. The Kier molecular flexibility index (Phi) is 5.35. The average Bonchev–Trinajstić information content (AvgIpc) is 3.10. The monoisotopic (exact) mass is 436 g/mol. The van der Waals surface area contributed by atoms with Crippen molar-refractivity contribution in [2.24, 2.45) is 0 Å². The van der Waals surface area contributed by atoms with E-state index in [1.165, 1.54) is 30.3 Å². The summed E-state index contributed by atoms with van der Waals surface area (Å²) in [7, 11) is 0. The van der Waals surface area contributed by atoms with Crippen LogP contribution in [0.25, 0.3) is 4.96 Å². The molecule has 0 saturated heterocycles. The highest BCUT2D eigenvalue weighted by molar-refractivity contribution is 7.19. The van der Waals surface area contributed by atoms with Crippen LogP contribution >= 0.6 is 11.3 Å². The predicted molar refractivity (Wildman–Crippen MR) is 118 cm³/mol. The van der Waals surface area contributed by atoms with Crippen molar-refractivity contribution < 1.29 is 14.0 Å². The maximum atomic E-state index is 13.2. The Labute approximate surface area is 180 Å². The molecule has 9 heteroatoms. The molecule has 0 bridgehead atoms. The van der Waals surface area contributed by atoms with E-state index >= 15 is 0 Å². The van der Waals surface area contributed by atoms with E-state index in [0.29, 0.717) is 17.1 Å². The van der Waals surface area contributed by atoms with Crippen LogP contribution in [-0.4, -0.2) is 21.2 Å². The molecule has 0 spiro atoms. The number of anilines is 2. The van der Waals surface area contributed by atoms with Gasteiger partial charge >= 0.3 is 0 Å². The summed E-state index contributed by atoms with van der Waals surface area (Å²) >= 11 is 0.930. The Bertz CT molecular complexity index is 1380. The van der Waals surface area contributed by atoms with Crippen LogP contribution in [-0.2, 0) is 0 Å². The maximum Gasteiger partial charge on any atom is 0.274 e. The number of amides is 2.